The molecule has 1 aromatic rings. The van der Waals surface area contributed by atoms with E-state index in [0.29, 0.717) is 5.69 Å². The van der Waals surface area contributed by atoms with Gasteiger partial charge in [0.15, 0.2) is 0 Å². The molecule has 0 aliphatic carbocycles. The minimum atomic E-state index is -0.246. The van der Waals surface area contributed by atoms with Crippen LogP contribution in [0.25, 0.3) is 0 Å². The number of hydrogen-bond acceptors (Lipinski definition) is 2. The first kappa shape index (κ1) is 12.7. The summed E-state index contributed by atoms with van der Waals surface area (Å²) in [6.45, 7) is 11.8. The molecule has 0 saturated carbocycles. The van der Waals surface area contributed by atoms with Crippen molar-refractivity contribution in [2.24, 2.45) is 0 Å². The van der Waals surface area contributed by atoms with E-state index >= 15 is 0 Å². The van der Waals surface area contributed by atoms with Crippen molar-refractivity contribution in [3.63, 3.8) is 0 Å². The maximum Gasteiger partial charge on any atom is 0.276 e. The van der Waals surface area contributed by atoms with Gasteiger partial charge in [-0.15, -0.1) is 0 Å². The molecule has 0 amide bonds. The van der Waals surface area contributed by atoms with Crippen LogP contribution in [-0.2, 0) is 0 Å². The molecule has 0 aromatic heterocycles. The fourth-order valence-electron chi connectivity index (χ4n) is 2.26. The van der Waals surface area contributed by atoms with Crippen LogP contribution >= 0.6 is 0 Å². The molecule has 0 aliphatic rings. The molecule has 0 saturated heterocycles. The van der Waals surface area contributed by atoms with E-state index in [1.54, 1.807) is 0 Å². The van der Waals surface area contributed by atoms with Gasteiger partial charge < -0.3 is 0 Å². The summed E-state index contributed by atoms with van der Waals surface area (Å²) in [6.07, 6.45) is 0. The number of hydrogen-bond donors (Lipinski definition) is 0. The fourth-order valence-corrected chi connectivity index (χ4v) is 2.26. The zero-order valence-electron chi connectivity index (χ0n) is 10.8. The van der Waals surface area contributed by atoms with Crippen molar-refractivity contribution in [3.05, 3.63) is 37.9 Å². The van der Waals surface area contributed by atoms with Gasteiger partial charge >= 0.3 is 0 Å². The molecule has 0 bridgehead atoms. The van der Waals surface area contributed by atoms with Crippen LogP contribution in [0.4, 0.5) is 5.69 Å². The molecule has 0 fully saturated rings. The summed E-state index contributed by atoms with van der Waals surface area (Å²) in [4.78, 5) is 10.9. The zero-order valence-corrected chi connectivity index (χ0v) is 10.8. The van der Waals surface area contributed by atoms with Gasteiger partial charge in [-0.3, -0.25) is 10.1 Å². The maximum atomic E-state index is 11.2. The van der Waals surface area contributed by atoms with Crippen LogP contribution in [0.1, 0.15) is 47.6 Å². The predicted octanol–water partition coefficient (Wildman–Crippen LogP) is 3.95. The van der Waals surface area contributed by atoms with E-state index in [9.17, 15) is 10.1 Å². The van der Waals surface area contributed by atoms with Crippen LogP contribution in [0.15, 0.2) is 0 Å². The Labute approximate surface area is 96.6 Å². The van der Waals surface area contributed by atoms with Crippen molar-refractivity contribution >= 4 is 5.69 Å². The van der Waals surface area contributed by atoms with Crippen LogP contribution in [0.5, 0.6) is 0 Å². The third kappa shape index (κ3) is 1.82. The molecule has 0 atom stereocenters. The smallest absolute Gasteiger partial charge is 0.258 e. The molecule has 0 unspecified atom stereocenters. The number of nitrogens with zero attached hydrogens (tertiary/aromatic N) is 1. The first-order valence-corrected chi connectivity index (χ1v) is 5.53. The van der Waals surface area contributed by atoms with Crippen molar-refractivity contribution in [2.45, 2.75) is 47.5 Å². The summed E-state index contributed by atoms with van der Waals surface area (Å²) in [5.41, 5.74) is 5.25. The molecule has 3 heteroatoms. The Kier molecular flexibility index (Phi) is 3.36. The topological polar surface area (TPSA) is 43.1 Å². The molecular weight excluding hydrogens is 202 g/mol. The van der Waals surface area contributed by atoms with Gasteiger partial charge in [-0.2, -0.15) is 0 Å². The average molecular weight is 221 g/mol. The second-order valence-electron chi connectivity index (χ2n) is 4.67. The maximum absolute atomic E-state index is 11.2. The lowest BCUT2D eigenvalue weighted by Gasteiger charge is -2.17. The molecule has 0 aliphatic heterocycles. The standard InChI is InChI=1S/C13H19NO2/c1-7(2)12-10(5)8(3)9(4)11(6)13(12)14(15)16/h7H,1-6H3. The zero-order chi connectivity index (χ0) is 12.6. The second-order valence-corrected chi connectivity index (χ2v) is 4.67. The Hall–Kier alpha value is -1.38. The summed E-state index contributed by atoms with van der Waals surface area (Å²) in [7, 11) is 0. The van der Waals surface area contributed by atoms with Crippen molar-refractivity contribution in [3.8, 4) is 0 Å². The SMILES string of the molecule is Cc1c(C)c(C)c([N+](=O)[O-])c(C(C)C)c1C. The molecule has 88 valence electrons. The molecule has 3 nitrogen and oxygen atoms in total. The van der Waals surface area contributed by atoms with Gasteiger partial charge in [0.05, 0.1) is 4.92 Å². The van der Waals surface area contributed by atoms with E-state index < -0.39 is 0 Å². The van der Waals surface area contributed by atoms with Gasteiger partial charge in [-0.05, 0) is 50.3 Å². The normalized spacial score (nSPS) is 10.9. The Morgan fingerprint density at radius 1 is 0.938 bits per heavy atom. The summed E-state index contributed by atoms with van der Waals surface area (Å²) in [5.74, 6) is 0.179. The van der Waals surface area contributed by atoms with E-state index in [-0.39, 0.29) is 10.8 Å². The van der Waals surface area contributed by atoms with Gasteiger partial charge in [0.1, 0.15) is 0 Å². The highest BCUT2D eigenvalue weighted by Crippen LogP contribution is 2.36. The van der Waals surface area contributed by atoms with Crippen LogP contribution < -0.4 is 0 Å². The Morgan fingerprint density at radius 3 is 1.75 bits per heavy atom. The minimum absolute atomic E-state index is 0.179. The van der Waals surface area contributed by atoms with Gasteiger partial charge in [0.2, 0.25) is 0 Å². The average Bonchev–Trinajstić information content (AvgIpc) is 2.18. The Balaban J connectivity index is 3.76. The van der Waals surface area contributed by atoms with Crippen molar-refractivity contribution < 1.29 is 4.92 Å². The highest BCUT2D eigenvalue weighted by Gasteiger charge is 2.25. The Bertz CT molecular complexity index is 448. The van der Waals surface area contributed by atoms with Crippen molar-refractivity contribution in [1.82, 2.24) is 0 Å². The van der Waals surface area contributed by atoms with Crippen LogP contribution in [0.2, 0.25) is 0 Å². The highest BCUT2D eigenvalue weighted by atomic mass is 16.6. The predicted molar refractivity (Wildman–Crippen MR) is 66.1 cm³/mol. The minimum Gasteiger partial charge on any atom is -0.258 e. The first-order chi connectivity index (χ1) is 7.29. The van der Waals surface area contributed by atoms with Gasteiger partial charge in [-0.25, -0.2) is 0 Å². The second kappa shape index (κ2) is 4.24. The summed E-state index contributed by atoms with van der Waals surface area (Å²) in [5, 5.41) is 11.2. The molecule has 16 heavy (non-hydrogen) atoms. The number of nitro benzene ring substituents is 1. The molecule has 0 spiro atoms. The van der Waals surface area contributed by atoms with Crippen LogP contribution in [0.3, 0.4) is 0 Å². The van der Waals surface area contributed by atoms with Gasteiger partial charge in [0, 0.05) is 11.1 Å². The Morgan fingerprint density at radius 2 is 1.38 bits per heavy atom. The molecular formula is C13H19NO2. The molecule has 0 N–H and O–H groups in total. The monoisotopic (exact) mass is 221 g/mol. The van der Waals surface area contributed by atoms with Crippen LogP contribution in [0, 0.1) is 37.8 Å². The lowest BCUT2D eigenvalue weighted by atomic mass is 9.87. The van der Waals surface area contributed by atoms with Gasteiger partial charge in [-0.1, -0.05) is 13.8 Å². The van der Waals surface area contributed by atoms with Crippen molar-refractivity contribution in [2.75, 3.05) is 0 Å². The number of nitro groups is 1. The third-order valence-corrected chi connectivity index (χ3v) is 3.46. The van der Waals surface area contributed by atoms with E-state index in [4.69, 9.17) is 0 Å². The number of benzene rings is 1. The quantitative estimate of drug-likeness (QED) is 0.560. The lowest BCUT2D eigenvalue weighted by Crippen LogP contribution is -2.06. The van der Waals surface area contributed by atoms with E-state index in [1.165, 1.54) is 5.56 Å². The third-order valence-electron chi connectivity index (χ3n) is 3.46. The van der Waals surface area contributed by atoms with Gasteiger partial charge in [0.25, 0.3) is 5.69 Å². The van der Waals surface area contributed by atoms with E-state index in [1.807, 2.05) is 41.5 Å². The molecule has 0 radical (unpaired) electrons. The van der Waals surface area contributed by atoms with Crippen molar-refractivity contribution in [1.29, 1.82) is 0 Å². The van der Waals surface area contributed by atoms with E-state index in [0.717, 1.165) is 22.3 Å². The highest BCUT2D eigenvalue weighted by molar-refractivity contribution is 5.59. The van der Waals surface area contributed by atoms with E-state index in [2.05, 4.69) is 0 Å². The fraction of sp³-hybridized carbons (Fsp3) is 0.538. The molecule has 0 heterocycles. The summed E-state index contributed by atoms with van der Waals surface area (Å²) in [6, 6.07) is 0. The summed E-state index contributed by atoms with van der Waals surface area (Å²) < 4.78 is 0. The van der Waals surface area contributed by atoms with Crippen LogP contribution in [-0.4, -0.2) is 4.92 Å². The first-order valence-electron chi connectivity index (χ1n) is 5.53. The largest absolute Gasteiger partial charge is 0.276 e. The molecule has 1 rings (SSSR count). The number of rotatable bonds is 2. The lowest BCUT2D eigenvalue weighted by molar-refractivity contribution is -0.386. The molecule has 1 aromatic carbocycles. The summed E-state index contributed by atoms with van der Waals surface area (Å²) >= 11 is 0.